The number of oxime groups is 1. The van der Waals surface area contributed by atoms with Gasteiger partial charge in [-0.1, -0.05) is 16.8 Å². The number of carbonyl (C=O) groups is 2. The van der Waals surface area contributed by atoms with Crippen molar-refractivity contribution in [2.75, 3.05) is 20.7 Å². The number of hydrogen-bond donors (Lipinski definition) is 3. The molecule has 9 nitrogen and oxygen atoms in total. The molecule has 0 bridgehead atoms. The van der Waals surface area contributed by atoms with E-state index in [0.29, 0.717) is 35.0 Å². The van der Waals surface area contributed by atoms with E-state index in [1.165, 1.54) is 18.4 Å². The predicted octanol–water partition coefficient (Wildman–Crippen LogP) is 3.35. The second kappa shape index (κ2) is 9.96. The van der Waals surface area contributed by atoms with Crippen LogP contribution in [-0.4, -0.2) is 65.2 Å². The molecule has 1 aliphatic carbocycles. The van der Waals surface area contributed by atoms with Gasteiger partial charge in [-0.3, -0.25) is 9.59 Å². The molecule has 35 heavy (non-hydrogen) atoms. The van der Waals surface area contributed by atoms with E-state index in [9.17, 15) is 9.59 Å². The number of nitrogens with zero attached hydrogens (tertiary/aromatic N) is 3. The van der Waals surface area contributed by atoms with E-state index in [0.717, 1.165) is 46.7 Å². The van der Waals surface area contributed by atoms with Gasteiger partial charge in [0, 0.05) is 46.7 Å². The first-order valence-electron chi connectivity index (χ1n) is 11.6. The first-order chi connectivity index (χ1) is 16.9. The first kappa shape index (κ1) is 23.8. The molecule has 2 unspecified atom stereocenters. The van der Waals surface area contributed by atoms with Gasteiger partial charge in [-0.25, -0.2) is 4.98 Å². The van der Waals surface area contributed by atoms with Gasteiger partial charge in [0.25, 0.3) is 11.8 Å². The zero-order valence-corrected chi connectivity index (χ0v) is 21.1. The summed E-state index contributed by atoms with van der Waals surface area (Å²) in [5, 5.41) is 12.2. The molecule has 2 aromatic heterocycles. The van der Waals surface area contributed by atoms with Gasteiger partial charge in [-0.15, -0.1) is 11.3 Å². The molecular weight excluding hydrogens is 488 g/mol. The zero-order chi connectivity index (χ0) is 24.5. The minimum atomic E-state index is -0.337. The lowest BCUT2D eigenvalue weighted by atomic mass is 9.88. The van der Waals surface area contributed by atoms with Crippen LogP contribution in [0, 0.1) is 0 Å². The number of amides is 2. The molecule has 0 radical (unpaired) electrons. The summed E-state index contributed by atoms with van der Waals surface area (Å²) in [6.45, 7) is 1.74. The van der Waals surface area contributed by atoms with E-state index in [-0.39, 0.29) is 23.9 Å². The van der Waals surface area contributed by atoms with Crippen molar-refractivity contribution in [3.8, 4) is 0 Å². The zero-order valence-electron chi connectivity index (χ0n) is 19.6. The summed E-state index contributed by atoms with van der Waals surface area (Å²) in [7, 11) is 3.57. The average molecular weight is 515 g/mol. The number of rotatable bonds is 5. The number of carbonyl (C=O) groups excluding carboxylic acids is 2. The van der Waals surface area contributed by atoms with Crippen LogP contribution in [0.15, 0.2) is 29.4 Å². The van der Waals surface area contributed by atoms with Gasteiger partial charge in [-0.05, 0) is 44.2 Å². The summed E-state index contributed by atoms with van der Waals surface area (Å²) in [6.07, 6.45) is 2.63. The molecule has 3 heterocycles. The normalized spacial score (nSPS) is 21.6. The predicted molar refractivity (Wildman–Crippen MR) is 136 cm³/mol. The van der Waals surface area contributed by atoms with Crippen LogP contribution in [-0.2, 0) is 17.8 Å². The SMILES string of the molecule is CON=C1CCC(NC(=O)c2cc3cc(Cl)ccc3[nH]2)C(NC(=O)c2nc3c(s2)CN(C)CC3)C1. The van der Waals surface area contributed by atoms with E-state index in [4.69, 9.17) is 16.4 Å². The Labute approximate surface area is 211 Å². The molecule has 1 saturated carbocycles. The van der Waals surface area contributed by atoms with Gasteiger partial charge < -0.3 is 25.4 Å². The summed E-state index contributed by atoms with van der Waals surface area (Å²) in [6, 6.07) is 6.61. The third-order valence-electron chi connectivity index (χ3n) is 6.48. The van der Waals surface area contributed by atoms with Crippen molar-refractivity contribution >= 4 is 51.4 Å². The van der Waals surface area contributed by atoms with E-state index in [1.807, 2.05) is 12.1 Å². The third kappa shape index (κ3) is 5.19. The number of hydrogen-bond acceptors (Lipinski definition) is 7. The Morgan fingerprint density at radius 1 is 1.23 bits per heavy atom. The number of H-pyrrole nitrogens is 1. The van der Waals surface area contributed by atoms with E-state index in [2.05, 4.69) is 37.7 Å². The van der Waals surface area contributed by atoms with E-state index < -0.39 is 0 Å². The largest absolute Gasteiger partial charge is 0.399 e. The number of thiazole rings is 1. The molecule has 2 amide bonds. The van der Waals surface area contributed by atoms with Crippen LogP contribution in [0.1, 0.15) is 50.1 Å². The fourth-order valence-corrected chi connectivity index (χ4v) is 5.95. The number of likely N-dealkylation sites (N-methyl/N-ethyl adjacent to an activating group) is 1. The lowest BCUT2D eigenvalue weighted by Crippen LogP contribution is -2.54. The molecule has 184 valence electrons. The van der Waals surface area contributed by atoms with Crippen LogP contribution in [0.2, 0.25) is 5.02 Å². The molecule has 1 fully saturated rings. The maximum atomic E-state index is 13.1. The summed E-state index contributed by atoms with van der Waals surface area (Å²) in [5.41, 5.74) is 3.14. The highest BCUT2D eigenvalue weighted by Gasteiger charge is 2.33. The summed E-state index contributed by atoms with van der Waals surface area (Å²) >= 11 is 7.52. The number of fused-ring (bicyclic) bond motifs is 2. The molecule has 0 spiro atoms. The fraction of sp³-hybridized carbons (Fsp3) is 0.417. The lowest BCUT2D eigenvalue weighted by molar-refractivity contribution is 0.0874. The van der Waals surface area contributed by atoms with Crippen LogP contribution in [0.25, 0.3) is 10.9 Å². The number of aromatic amines is 1. The smallest absolute Gasteiger partial charge is 0.280 e. The van der Waals surface area contributed by atoms with Crippen molar-refractivity contribution in [2.24, 2.45) is 5.16 Å². The second-order valence-electron chi connectivity index (χ2n) is 9.03. The van der Waals surface area contributed by atoms with Crippen LogP contribution < -0.4 is 10.6 Å². The molecule has 1 aliphatic heterocycles. The molecule has 3 N–H and O–H groups in total. The van der Waals surface area contributed by atoms with Crippen molar-refractivity contribution in [3.05, 3.63) is 50.6 Å². The number of nitrogens with one attached hydrogen (secondary N) is 3. The highest BCUT2D eigenvalue weighted by atomic mass is 35.5. The fourth-order valence-electron chi connectivity index (χ4n) is 4.68. The maximum Gasteiger partial charge on any atom is 0.280 e. The van der Waals surface area contributed by atoms with Gasteiger partial charge in [0.2, 0.25) is 0 Å². The minimum absolute atomic E-state index is 0.227. The summed E-state index contributed by atoms with van der Waals surface area (Å²) < 4.78 is 0. The molecular formula is C24H27ClN6O3S. The monoisotopic (exact) mass is 514 g/mol. The van der Waals surface area contributed by atoms with Crippen molar-refractivity contribution in [2.45, 2.75) is 44.3 Å². The topological polar surface area (TPSA) is 112 Å². The maximum absolute atomic E-state index is 13.1. The number of aromatic nitrogens is 2. The Morgan fingerprint density at radius 3 is 2.89 bits per heavy atom. The van der Waals surface area contributed by atoms with Crippen molar-refractivity contribution in [1.82, 2.24) is 25.5 Å². The Morgan fingerprint density at radius 2 is 2.06 bits per heavy atom. The van der Waals surface area contributed by atoms with Crippen LogP contribution in [0.3, 0.4) is 0 Å². The second-order valence-corrected chi connectivity index (χ2v) is 10.6. The molecule has 0 saturated heterocycles. The van der Waals surface area contributed by atoms with Gasteiger partial charge in [-0.2, -0.15) is 0 Å². The van der Waals surface area contributed by atoms with Gasteiger partial charge in [0.1, 0.15) is 12.8 Å². The Bertz CT molecular complexity index is 1300. The Kier molecular flexibility index (Phi) is 6.77. The standard InChI is InChI=1S/C24H27ClN6O3S/c1-31-8-7-18-21(12-31)35-24(29-18)23(33)28-19-11-15(30-34-2)4-6-17(19)27-22(32)20-10-13-9-14(25)3-5-16(13)26-20/h3,5,9-10,17,19,26H,4,6-8,11-12H2,1-2H3,(H,27,32)(H,28,33). The van der Waals surface area contributed by atoms with Crippen LogP contribution in [0.4, 0.5) is 0 Å². The average Bonchev–Trinajstić information content (AvgIpc) is 3.44. The first-order valence-corrected chi connectivity index (χ1v) is 12.7. The molecule has 3 aromatic rings. The Hall–Kier alpha value is -2.95. The van der Waals surface area contributed by atoms with E-state index >= 15 is 0 Å². The van der Waals surface area contributed by atoms with Crippen molar-refractivity contribution in [1.29, 1.82) is 0 Å². The molecule has 2 atom stereocenters. The Balaban J connectivity index is 1.32. The van der Waals surface area contributed by atoms with Crippen molar-refractivity contribution < 1.29 is 14.4 Å². The van der Waals surface area contributed by atoms with Crippen LogP contribution in [0.5, 0.6) is 0 Å². The summed E-state index contributed by atoms with van der Waals surface area (Å²) in [5.74, 6) is -0.461. The van der Waals surface area contributed by atoms with Gasteiger partial charge in [0.05, 0.1) is 23.5 Å². The van der Waals surface area contributed by atoms with E-state index in [1.54, 1.807) is 12.1 Å². The van der Waals surface area contributed by atoms with Gasteiger partial charge in [0.15, 0.2) is 5.01 Å². The molecule has 1 aromatic carbocycles. The highest BCUT2D eigenvalue weighted by Crippen LogP contribution is 2.26. The van der Waals surface area contributed by atoms with Crippen molar-refractivity contribution in [3.63, 3.8) is 0 Å². The number of benzene rings is 1. The molecule has 11 heteroatoms. The van der Waals surface area contributed by atoms with Crippen LogP contribution >= 0.6 is 22.9 Å². The summed E-state index contributed by atoms with van der Waals surface area (Å²) in [4.78, 5) is 42.3. The number of halogens is 1. The van der Waals surface area contributed by atoms with Gasteiger partial charge >= 0.3 is 0 Å². The third-order valence-corrected chi connectivity index (χ3v) is 7.80. The quantitative estimate of drug-likeness (QED) is 0.452. The minimum Gasteiger partial charge on any atom is -0.399 e. The molecule has 2 aliphatic rings. The molecule has 5 rings (SSSR count). The highest BCUT2D eigenvalue weighted by molar-refractivity contribution is 7.13. The lowest BCUT2D eigenvalue weighted by Gasteiger charge is -2.33.